The zero-order chi connectivity index (χ0) is 14.8. The molecule has 0 aliphatic rings. The Hall–Kier alpha value is -1.19. The molecule has 0 aliphatic heterocycles. The third-order valence-electron chi connectivity index (χ3n) is 3.62. The first-order valence-corrected chi connectivity index (χ1v) is 7.45. The first-order chi connectivity index (χ1) is 9.42. The number of halogens is 2. The summed E-state index contributed by atoms with van der Waals surface area (Å²) in [5.41, 5.74) is 8.74. The normalized spacial score (nSPS) is 11.7. The summed E-state index contributed by atoms with van der Waals surface area (Å²) in [6.07, 6.45) is 0.583. The van der Waals surface area contributed by atoms with Crippen molar-refractivity contribution < 1.29 is 4.39 Å². The molecule has 2 aromatic rings. The Balaban J connectivity index is 2.31. The molecule has 106 valence electrons. The van der Waals surface area contributed by atoms with Crippen LogP contribution in [0.4, 0.5) is 4.39 Å². The maximum Gasteiger partial charge on any atom is 0.126 e. The Morgan fingerprint density at radius 2 is 1.90 bits per heavy atom. The molecule has 0 amide bonds. The fourth-order valence-corrected chi connectivity index (χ4v) is 2.53. The number of hydrogen-bond donors (Lipinski definition) is 1. The standard InChI is InChI=1S/C17H19BrFN/c1-17(2,11-20)14-5-3-4-12(9-14)8-13-10-15(18)6-7-16(13)19/h3-7,9-10H,8,11,20H2,1-2H3. The van der Waals surface area contributed by atoms with Crippen molar-refractivity contribution in [3.8, 4) is 0 Å². The third kappa shape index (κ3) is 3.47. The molecule has 2 N–H and O–H groups in total. The van der Waals surface area contributed by atoms with Crippen LogP contribution >= 0.6 is 15.9 Å². The Bertz CT molecular complexity index is 608. The van der Waals surface area contributed by atoms with Crippen LogP contribution in [0.1, 0.15) is 30.5 Å². The van der Waals surface area contributed by atoms with Crippen LogP contribution in [0.2, 0.25) is 0 Å². The van der Waals surface area contributed by atoms with E-state index in [4.69, 9.17) is 5.73 Å². The highest BCUT2D eigenvalue weighted by molar-refractivity contribution is 9.10. The van der Waals surface area contributed by atoms with Crippen molar-refractivity contribution in [2.24, 2.45) is 5.73 Å². The van der Waals surface area contributed by atoms with Crippen molar-refractivity contribution in [3.63, 3.8) is 0 Å². The van der Waals surface area contributed by atoms with Gasteiger partial charge in [0.2, 0.25) is 0 Å². The van der Waals surface area contributed by atoms with Crippen LogP contribution in [0.15, 0.2) is 46.9 Å². The fraction of sp³-hybridized carbons (Fsp3) is 0.294. The molecule has 0 unspecified atom stereocenters. The largest absolute Gasteiger partial charge is 0.330 e. The van der Waals surface area contributed by atoms with E-state index >= 15 is 0 Å². The molecule has 0 aliphatic carbocycles. The maximum atomic E-state index is 13.8. The van der Waals surface area contributed by atoms with E-state index in [0.29, 0.717) is 18.5 Å². The van der Waals surface area contributed by atoms with Crippen LogP contribution in [0.3, 0.4) is 0 Å². The van der Waals surface area contributed by atoms with Gasteiger partial charge in [-0.25, -0.2) is 4.39 Å². The Kier molecular flexibility index (Phi) is 4.61. The van der Waals surface area contributed by atoms with E-state index in [9.17, 15) is 4.39 Å². The van der Waals surface area contributed by atoms with E-state index in [1.807, 2.05) is 18.2 Å². The molecule has 0 fully saturated rings. The summed E-state index contributed by atoms with van der Waals surface area (Å²) in [5, 5.41) is 0. The molecular weight excluding hydrogens is 317 g/mol. The molecule has 0 spiro atoms. The lowest BCUT2D eigenvalue weighted by Crippen LogP contribution is -2.28. The van der Waals surface area contributed by atoms with Crippen molar-refractivity contribution in [1.82, 2.24) is 0 Å². The minimum absolute atomic E-state index is 0.0637. The Labute approximate surface area is 128 Å². The topological polar surface area (TPSA) is 26.0 Å². The van der Waals surface area contributed by atoms with Crippen molar-refractivity contribution in [2.45, 2.75) is 25.7 Å². The number of hydrogen-bond acceptors (Lipinski definition) is 1. The van der Waals surface area contributed by atoms with Gasteiger partial charge in [-0.3, -0.25) is 0 Å². The quantitative estimate of drug-likeness (QED) is 0.879. The number of benzene rings is 2. The zero-order valence-corrected chi connectivity index (χ0v) is 13.4. The van der Waals surface area contributed by atoms with E-state index in [1.165, 1.54) is 11.6 Å². The first-order valence-electron chi connectivity index (χ1n) is 6.66. The van der Waals surface area contributed by atoms with Gasteiger partial charge in [-0.05, 0) is 34.9 Å². The van der Waals surface area contributed by atoms with Crippen LogP contribution in [-0.4, -0.2) is 6.54 Å². The van der Waals surface area contributed by atoms with Gasteiger partial charge in [-0.2, -0.15) is 0 Å². The molecule has 0 radical (unpaired) electrons. The van der Waals surface area contributed by atoms with Gasteiger partial charge in [-0.1, -0.05) is 54.0 Å². The van der Waals surface area contributed by atoms with Crippen molar-refractivity contribution in [3.05, 3.63) is 69.4 Å². The van der Waals surface area contributed by atoms with Gasteiger partial charge in [0.15, 0.2) is 0 Å². The number of rotatable bonds is 4. The predicted molar refractivity (Wildman–Crippen MR) is 85.4 cm³/mol. The van der Waals surface area contributed by atoms with Crippen molar-refractivity contribution in [1.29, 1.82) is 0 Å². The summed E-state index contributed by atoms with van der Waals surface area (Å²) < 4.78 is 14.7. The van der Waals surface area contributed by atoms with E-state index in [0.717, 1.165) is 10.0 Å². The minimum Gasteiger partial charge on any atom is -0.330 e. The van der Waals surface area contributed by atoms with Gasteiger partial charge in [0.25, 0.3) is 0 Å². The highest BCUT2D eigenvalue weighted by Crippen LogP contribution is 2.24. The lowest BCUT2D eigenvalue weighted by atomic mass is 9.83. The molecule has 0 heterocycles. The average Bonchev–Trinajstić information content (AvgIpc) is 2.43. The lowest BCUT2D eigenvalue weighted by molar-refractivity contribution is 0.538. The van der Waals surface area contributed by atoms with E-state index in [2.05, 4.69) is 41.9 Å². The van der Waals surface area contributed by atoms with Gasteiger partial charge < -0.3 is 5.73 Å². The van der Waals surface area contributed by atoms with Gasteiger partial charge in [-0.15, -0.1) is 0 Å². The van der Waals surface area contributed by atoms with Gasteiger partial charge in [0.1, 0.15) is 5.82 Å². The number of nitrogens with two attached hydrogens (primary N) is 1. The molecule has 3 heteroatoms. The second-order valence-corrected chi connectivity index (χ2v) is 6.62. The molecule has 0 aromatic heterocycles. The maximum absolute atomic E-state index is 13.8. The molecule has 20 heavy (non-hydrogen) atoms. The summed E-state index contributed by atoms with van der Waals surface area (Å²) >= 11 is 3.38. The molecule has 0 bridgehead atoms. The van der Waals surface area contributed by atoms with Crippen LogP contribution in [0.5, 0.6) is 0 Å². The summed E-state index contributed by atoms with van der Waals surface area (Å²) in [5.74, 6) is -0.170. The fourth-order valence-electron chi connectivity index (χ4n) is 2.12. The third-order valence-corrected chi connectivity index (χ3v) is 4.11. The SMILES string of the molecule is CC(C)(CN)c1cccc(Cc2cc(Br)ccc2F)c1. The first kappa shape index (κ1) is 15.2. The van der Waals surface area contributed by atoms with E-state index in [-0.39, 0.29) is 11.2 Å². The molecule has 0 saturated heterocycles. The molecule has 0 saturated carbocycles. The van der Waals surface area contributed by atoms with Gasteiger partial charge >= 0.3 is 0 Å². The summed E-state index contributed by atoms with van der Waals surface area (Å²) in [4.78, 5) is 0. The van der Waals surface area contributed by atoms with Crippen LogP contribution < -0.4 is 5.73 Å². The zero-order valence-electron chi connectivity index (χ0n) is 11.8. The summed E-state index contributed by atoms with van der Waals surface area (Å²) in [6, 6.07) is 13.3. The summed E-state index contributed by atoms with van der Waals surface area (Å²) in [6.45, 7) is 4.82. The van der Waals surface area contributed by atoms with E-state index in [1.54, 1.807) is 6.07 Å². The molecular formula is C17H19BrFN. The van der Waals surface area contributed by atoms with Crippen LogP contribution in [-0.2, 0) is 11.8 Å². The molecule has 1 nitrogen and oxygen atoms in total. The van der Waals surface area contributed by atoms with Crippen molar-refractivity contribution in [2.75, 3.05) is 6.54 Å². The molecule has 2 rings (SSSR count). The second kappa shape index (κ2) is 6.06. The second-order valence-electron chi connectivity index (χ2n) is 5.70. The Morgan fingerprint density at radius 3 is 2.60 bits per heavy atom. The van der Waals surface area contributed by atoms with Crippen LogP contribution in [0, 0.1) is 5.82 Å². The van der Waals surface area contributed by atoms with Crippen molar-refractivity contribution >= 4 is 15.9 Å². The van der Waals surface area contributed by atoms with E-state index < -0.39 is 0 Å². The predicted octanol–water partition coefficient (Wildman–Crippen LogP) is 4.42. The summed E-state index contributed by atoms with van der Waals surface area (Å²) in [7, 11) is 0. The molecule has 0 atom stereocenters. The van der Waals surface area contributed by atoms with Gasteiger partial charge in [0, 0.05) is 22.9 Å². The highest BCUT2D eigenvalue weighted by atomic mass is 79.9. The molecule has 2 aromatic carbocycles. The van der Waals surface area contributed by atoms with Crippen LogP contribution in [0.25, 0.3) is 0 Å². The average molecular weight is 336 g/mol. The minimum atomic E-state index is -0.170. The smallest absolute Gasteiger partial charge is 0.126 e. The monoisotopic (exact) mass is 335 g/mol. The lowest BCUT2D eigenvalue weighted by Gasteiger charge is -2.23. The Morgan fingerprint density at radius 1 is 1.15 bits per heavy atom. The van der Waals surface area contributed by atoms with Gasteiger partial charge in [0.05, 0.1) is 0 Å². The highest BCUT2D eigenvalue weighted by Gasteiger charge is 2.18.